The molecule has 8 heteroatoms. The Morgan fingerprint density at radius 1 is 1.03 bits per heavy atom. The fourth-order valence-corrected chi connectivity index (χ4v) is 4.05. The first kappa shape index (κ1) is 23.6. The number of hydrogen-bond donors (Lipinski definition) is 1. The summed E-state index contributed by atoms with van der Waals surface area (Å²) in [5.74, 6) is 0.480. The first-order valence-electron chi connectivity index (χ1n) is 11.5. The summed E-state index contributed by atoms with van der Waals surface area (Å²) in [5.41, 5.74) is 4.06. The molecule has 0 spiro atoms. The lowest BCUT2D eigenvalue weighted by Gasteiger charge is -2.35. The Kier molecular flexibility index (Phi) is 6.79. The molecule has 0 radical (unpaired) electrons. The van der Waals surface area contributed by atoms with Crippen LogP contribution in [0.25, 0.3) is 11.1 Å². The lowest BCUT2D eigenvalue weighted by molar-refractivity contribution is 0.00616. The Hall–Kier alpha value is -3.52. The number of esters is 1. The summed E-state index contributed by atoms with van der Waals surface area (Å²) < 4.78 is 5.35. The topological polar surface area (TPSA) is 91.7 Å². The summed E-state index contributed by atoms with van der Waals surface area (Å²) in [4.78, 5) is 20.8. The van der Waals surface area contributed by atoms with Crippen molar-refractivity contribution < 1.29 is 14.6 Å². The predicted molar refractivity (Wildman–Crippen MR) is 131 cm³/mol. The number of aromatic nitrogens is 3. The van der Waals surface area contributed by atoms with Gasteiger partial charge < -0.3 is 14.7 Å². The maximum atomic E-state index is 12.1. The number of anilines is 1. The number of pyridine rings is 1. The van der Waals surface area contributed by atoms with Crippen molar-refractivity contribution in [3.63, 3.8) is 0 Å². The Labute approximate surface area is 200 Å². The first-order valence-corrected chi connectivity index (χ1v) is 11.5. The van der Waals surface area contributed by atoms with Crippen LogP contribution in [0.15, 0.2) is 48.8 Å². The number of nitrogens with zero attached hydrogens (tertiary/aromatic N) is 5. The van der Waals surface area contributed by atoms with Gasteiger partial charge in [0.1, 0.15) is 11.4 Å². The minimum atomic E-state index is -0.561. The van der Waals surface area contributed by atoms with Crippen LogP contribution in [0.1, 0.15) is 42.4 Å². The Morgan fingerprint density at radius 3 is 2.41 bits per heavy atom. The Bertz CT molecular complexity index is 1150. The molecule has 8 nitrogen and oxygen atoms in total. The van der Waals surface area contributed by atoms with Gasteiger partial charge in [-0.3, -0.25) is 9.88 Å². The molecule has 0 atom stereocenters. The van der Waals surface area contributed by atoms with Crippen molar-refractivity contribution >= 4 is 11.8 Å². The van der Waals surface area contributed by atoms with Crippen LogP contribution >= 0.6 is 0 Å². The van der Waals surface area contributed by atoms with Crippen molar-refractivity contribution in [2.24, 2.45) is 0 Å². The van der Waals surface area contributed by atoms with Gasteiger partial charge in [0.05, 0.1) is 6.20 Å². The molecule has 0 aliphatic carbocycles. The summed E-state index contributed by atoms with van der Waals surface area (Å²) >= 11 is 0. The van der Waals surface area contributed by atoms with E-state index in [4.69, 9.17) is 4.74 Å². The van der Waals surface area contributed by atoms with Crippen LogP contribution in [-0.2, 0) is 11.3 Å². The van der Waals surface area contributed by atoms with Crippen LogP contribution in [0.4, 0.5) is 5.82 Å². The van der Waals surface area contributed by atoms with Crippen LogP contribution in [-0.4, -0.2) is 62.9 Å². The van der Waals surface area contributed by atoms with Crippen molar-refractivity contribution in [2.75, 3.05) is 31.1 Å². The van der Waals surface area contributed by atoms with Gasteiger partial charge in [0, 0.05) is 44.5 Å². The molecule has 1 saturated heterocycles. The molecule has 0 saturated carbocycles. The average molecular weight is 462 g/mol. The molecule has 3 aromatic rings. The van der Waals surface area contributed by atoms with E-state index < -0.39 is 11.6 Å². The fraction of sp³-hybridized carbons (Fsp3) is 0.385. The van der Waals surface area contributed by atoms with Gasteiger partial charge in [0.2, 0.25) is 0 Å². The summed E-state index contributed by atoms with van der Waals surface area (Å²) in [6, 6.07) is 11.7. The second kappa shape index (κ2) is 9.77. The molecule has 1 N–H and O–H groups in total. The van der Waals surface area contributed by atoms with Gasteiger partial charge in [-0.2, -0.15) is 0 Å². The van der Waals surface area contributed by atoms with Gasteiger partial charge in [0.25, 0.3) is 0 Å². The maximum Gasteiger partial charge on any atom is 0.359 e. The lowest BCUT2D eigenvalue weighted by atomic mass is 9.99. The molecular weight excluding hydrogens is 430 g/mol. The summed E-state index contributed by atoms with van der Waals surface area (Å²) in [5, 5.41) is 18.0. The van der Waals surface area contributed by atoms with E-state index in [1.54, 1.807) is 18.3 Å². The summed E-state index contributed by atoms with van der Waals surface area (Å²) in [6.07, 6.45) is 3.21. The molecule has 1 aliphatic heterocycles. The van der Waals surface area contributed by atoms with Crippen LogP contribution in [0.3, 0.4) is 0 Å². The Morgan fingerprint density at radius 2 is 1.79 bits per heavy atom. The highest BCUT2D eigenvalue weighted by Crippen LogP contribution is 2.26. The molecule has 1 aliphatic rings. The monoisotopic (exact) mass is 461 g/mol. The molecule has 0 amide bonds. The van der Waals surface area contributed by atoms with E-state index in [1.165, 1.54) is 11.8 Å². The second-order valence-electron chi connectivity index (χ2n) is 9.62. The number of carbonyl (C=O) groups excluding carboxylic acids is 1. The third kappa shape index (κ3) is 5.88. The smallest absolute Gasteiger partial charge is 0.359 e. The maximum absolute atomic E-state index is 12.1. The quantitative estimate of drug-likeness (QED) is 0.573. The van der Waals surface area contributed by atoms with Gasteiger partial charge in [-0.15, -0.1) is 10.2 Å². The molecule has 4 rings (SSSR count). The predicted octanol–water partition coefficient (Wildman–Crippen LogP) is 3.83. The molecule has 1 fully saturated rings. The third-order valence-corrected chi connectivity index (χ3v) is 5.69. The molecule has 178 valence electrons. The number of carbonyl (C=O) groups is 1. The molecule has 1 aromatic carbocycles. The van der Waals surface area contributed by atoms with Gasteiger partial charge in [0.15, 0.2) is 11.5 Å². The van der Waals surface area contributed by atoms with E-state index >= 15 is 0 Å². The number of piperazine rings is 1. The zero-order valence-electron chi connectivity index (χ0n) is 20.2. The number of aryl methyl sites for hydroxylation is 1. The highest BCUT2D eigenvalue weighted by Gasteiger charge is 2.22. The van der Waals surface area contributed by atoms with E-state index in [9.17, 15) is 9.90 Å². The van der Waals surface area contributed by atoms with Crippen molar-refractivity contribution in [1.29, 1.82) is 0 Å². The minimum Gasteiger partial charge on any atom is -0.506 e. The summed E-state index contributed by atoms with van der Waals surface area (Å²) in [6.45, 7) is 11.9. The molecular formula is C26H31N5O3. The van der Waals surface area contributed by atoms with Gasteiger partial charge in [-0.1, -0.05) is 18.2 Å². The van der Waals surface area contributed by atoms with E-state index in [-0.39, 0.29) is 11.4 Å². The van der Waals surface area contributed by atoms with Gasteiger partial charge in [-0.05, 0) is 62.6 Å². The Balaban J connectivity index is 1.33. The molecule has 2 aromatic heterocycles. The number of aromatic hydroxyl groups is 1. The number of ether oxygens (including phenoxy) is 1. The van der Waals surface area contributed by atoms with E-state index in [0.717, 1.165) is 55.2 Å². The number of rotatable bonds is 5. The highest BCUT2D eigenvalue weighted by atomic mass is 16.6. The molecule has 0 bridgehead atoms. The van der Waals surface area contributed by atoms with Crippen LogP contribution in [0, 0.1) is 6.92 Å². The molecule has 3 heterocycles. The van der Waals surface area contributed by atoms with E-state index in [0.29, 0.717) is 0 Å². The van der Waals surface area contributed by atoms with E-state index in [2.05, 4.69) is 50.1 Å². The summed E-state index contributed by atoms with van der Waals surface area (Å²) in [7, 11) is 0. The standard InChI is InChI=1S/C26H31N5O3/c1-18-13-19(5-6-22(18)20-14-21(32)16-27-15-20)17-30-9-11-31(12-10-30)24-8-7-23(28-29-24)25(33)34-26(2,3)4/h5-8,13-16,32H,9-12,17H2,1-4H3. The van der Waals surface area contributed by atoms with Crippen LogP contribution in [0.5, 0.6) is 5.75 Å². The van der Waals surface area contributed by atoms with Crippen molar-refractivity contribution in [3.8, 4) is 16.9 Å². The van der Waals surface area contributed by atoms with Gasteiger partial charge in [-0.25, -0.2) is 4.79 Å². The first-order chi connectivity index (χ1) is 16.2. The normalized spacial score (nSPS) is 14.8. The van der Waals surface area contributed by atoms with Crippen molar-refractivity contribution in [1.82, 2.24) is 20.1 Å². The average Bonchev–Trinajstić information content (AvgIpc) is 2.79. The van der Waals surface area contributed by atoms with E-state index in [1.807, 2.05) is 26.8 Å². The molecule has 0 unspecified atom stereocenters. The SMILES string of the molecule is Cc1cc(CN2CCN(c3ccc(C(=O)OC(C)(C)C)nn3)CC2)ccc1-c1cncc(O)c1. The van der Waals surface area contributed by atoms with Crippen molar-refractivity contribution in [2.45, 2.75) is 39.8 Å². The number of hydrogen-bond acceptors (Lipinski definition) is 8. The fourth-order valence-electron chi connectivity index (χ4n) is 4.05. The molecule has 34 heavy (non-hydrogen) atoms. The zero-order chi connectivity index (χ0) is 24.3. The minimum absolute atomic E-state index is 0.169. The highest BCUT2D eigenvalue weighted by molar-refractivity contribution is 5.87. The third-order valence-electron chi connectivity index (χ3n) is 5.69. The van der Waals surface area contributed by atoms with Gasteiger partial charge >= 0.3 is 5.97 Å². The largest absolute Gasteiger partial charge is 0.506 e. The van der Waals surface area contributed by atoms with Crippen LogP contribution in [0.2, 0.25) is 0 Å². The lowest BCUT2D eigenvalue weighted by Crippen LogP contribution is -2.46. The zero-order valence-corrected chi connectivity index (χ0v) is 20.2. The van der Waals surface area contributed by atoms with Crippen LogP contribution < -0.4 is 4.90 Å². The number of benzene rings is 1. The van der Waals surface area contributed by atoms with Crippen molar-refractivity contribution in [3.05, 3.63) is 65.6 Å². The second-order valence-corrected chi connectivity index (χ2v) is 9.62.